The molecule has 0 atom stereocenters. The van der Waals surface area contributed by atoms with E-state index in [0.717, 1.165) is 30.8 Å². The highest BCUT2D eigenvalue weighted by Gasteiger charge is 2.10. The Morgan fingerprint density at radius 2 is 2.00 bits per heavy atom. The Bertz CT molecular complexity index is 860. The smallest absolute Gasteiger partial charge is 0.251 e. The molecule has 0 fully saturated rings. The molecule has 7 nitrogen and oxygen atoms in total. The van der Waals surface area contributed by atoms with E-state index >= 15 is 0 Å². The van der Waals surface area contributed by atoms with Gasteiger partial charge >= 0.3 is 0 Å². The van der Waals surface area contributed by atoms with Gasteiger partial charge in [-0.3, -0.25) is 4.79 Å². The van der Waals surface area contributed by atoms with E-state index in [9.17, 15) is 4.79 Å². The van der Waals surface area contributed by atoms with Crippen LogP contribution in [0.4, 0.5) is 5.69 Å². The molecule has 3 rings (SSSR count). The first-order valence-electron chi connectivity index (χ1n) is 9.15. The summed E-state index contributed by atoms with van der Waals surface area (Å²) in [6.45, 7) is 6.62. The second-order valence-corrected chi connectivity index (χ2v) is 6.14. The van der Waals surface area contributed by atoms with E-state index < -0.39 is 0 Å². The molecule has 0 saturated carbocycles. The fraction of sp³-hybridized carbons (Fsp3) is 0.300. The lowest BCUT2D eigenvalue weighted by Crippen LogP contribution is -2.25. The predicted octanol–water partition coefficient (Wildman–Crippen LogP) is 2.83. The lowest BCUT2D eigenvalue weighted by molar-refractivity contribution is 0.0951. The molecule has 27 heavy (non-hydrogen) atoms. The molecule has 0 aliphatic heterocycles. The third kappa shape index (κ3) is 4.49. The Morgan fingerprint density at radius 3 is 2.67 bits per heavy atom. The lowest BCUT2D eigenvalue weighted by atomic mass is 10.1. The van der Waals surface area contributed by atoms with Crippen molar-refractivity contribution in [3.05, 3.63) is 66.4 Å². The van der Waals surface area contributed by atoms with Crippen LogP contribution in [0.5, 0.6) is 0 Å². The van der Waals surface area contributed by atoms with Gasteiger partial charge in [0.1, 0.15) is 12.7 Å². The summed E-state index contributed by atoms with van der Waals surface area (Å²) in [5.41, 5.74) is 2.64. The highest BCUT2D eigenvalue weighted by molar-refractivity contribution is 5.94. The van der Waals surface area contributed by atoms with E-state index in [1.165, 1.54) is 6.33 Å². The van der Waals surface area contributed by atoms with Crippen LogP contribution in [0.25, 0.3) is 5.82 Å². The first kappa shape index (κ1) is 18.6. The second-order valence-electron chi connectivity index (χ2n) is 6.14. The van der Waals surface area contributed by atoms with Crippen molar-refractivity contribution in [1.82, 2.24) is 25.1 Å². The predicted molar refractivity (Wildman–Crippen MR) is 105 cm³/mol. The number of pyridine rings is 1. The van der Waals surface area contributed by atoms with Gasteiger partial charge in [0.05, 0.1) is 0 Å². The van der Waals surface area contributed by atoms with Crippen molar-refractivity contribution in [3.63, 3.8) is 0 Å². The van der Waals surface area contributed by atoms with E-state index in [1.54, 1.807) is 17.2 Å². The molecule has 0 spiro atoms. The molecule has 7 heteroatoms. The minimum absolute atomic E-state index is 0.117. The maximum atomic E-state index is 12.5. The van der Waals surface area contributed by atoms with E-state index in [2.05, 4.69) is 39.1 Å². The van der Waals surface area contributed by atoms with Gasteiger partial charge in [-0.25, -0.2) is 14.6 Å². The van der Waals surface area contributed by atoms with Gasteiger partial charge in [-0.2, -0.15) is 5.10 Å². The highest BCUT2D eigenvalue weighted by Crippen LogP contribution is 2.16. The number of benzene rings is 1. The normalized spacial score (nSPS) is 10.6. The van der Waals surface area contributed by atoms with Crippen LogP contribution in [0.15, 0.2) is 55.2 Å². The van der Waals surface area contributed by atoms with Crippen molar-refractivity contribution >= 4 is 11.6 Å². The number of nitrogens with zero attached hydrogens (tertiary/aromatic N) is 5. The minimum Gasteiger partial charge on any atom is -0.372 e. The first-order chi connectivity index (χ1) is 13.2. The van der Waals surface area contributed by atoms with Crippen molar-refractivity contribution in [2.24, 2.45) is 0 Å². The highest BCUT2D eigenvalue weighted by atomic mass is 16.1. The van der Waals surface area contributed by atoms with Gasteiger partial charge in [0, 0.05) is 42.6 Å². The molecule has 0 saturated heterocycles. The zero-order chi connectivity index (χ0) is 19.1. The number of rotatable bonds is 8. The molecule has 140 valence electrons. The van der Waals surface area contributed by atoms with Gasteiger partial charge < -0.3 is 10.2 Å². The van der Waals surface area contributed by atoms with E-state index in [4.69, 9.17) is 0 Å². The summed E-state index contributed by atoms with van der Waals surface area (Å²) in [5.74, 6) is 0.539. The number of hydrogen-bond acceptors (Lipinski definition) is 5. The van der Waals surface area contributed by atoms with Gasteiger partial charge in [-0.15, -0.1) is 0 Å². The number of hydrogen-bond donors (Lipinski definition) is 1. The van der Waals surface area contributed by atoms with Crippen LogP contribution in [0.1, 0.15) is 36.2 Å². The molecule has 0 unspecified atom stereocenters. The monoisotopic (exact) mass is 364 g/mol. The third-order valence-electron chi connectivity index (χ3n) is 4.31. The van der Waals surface area contributed by atoms with Gasteiger partial charge in [0.25, 0.3) is 5.91 Å². The fourth-order valence-electron chi connectivity index (χ4n) is 2.93. The summed E-state index contributed by atoms with van der Waals surface area (Å²) < 4.78 is 1.59. The minimum atomic E-state index is -0.117. The zero-order valence-electron chi connectivity index (χ0n) is 15.7. The maximum absolute atomic E-state index is 12.5. The summed E-state index contributed by atoms with van der Waals surface area (Å²) >= 11 is 0. The standard InChI is InChI=1S/C20H24N6O/c1-3-12-25(4-2)18-9-7-16(8-10-18)20(27)23-13-17-6-5-11-22-19(17)26-15-21-14-24-26/h5-11,14-15H,3-4,12-13H2,1-2H3,(H,23,27). The molecule has 1 amide bonds. The van der Waals surface area contributed by atoms with Crippen molar-refractivity contribution in [3.8, 4) is 5.82 Å². The van der Waals surface area contributed by atoms with E-state index in [1.807, 2.05) is 36.4 Å². The Morgan fingerprint density at radius 1 is 1.19 bits per heavy atom. The molecule has 2 aromatic heterocycles. The summed E-state index contributed by atoms with van der Waals surface area (Å²) in [6.07, 6.45) is 5.82. The largest absolute Gasteiger partial charge is 0.372 e. The number of anilines is 1. The molecule has 1 N–H and O–H groups in total. The summed E-state index contributed by atoms with van der Waals surface area (Å²) in [7, 11) is 0. The van der Waals surface area contributed by atoms with Gasteiger partial charge in [0.15, 0.2) is 5.82 Å². The Labute approximate surface area is 159 Å². The van der Waals surface area contributed by atoms with Gasteiger partial charge in [0.2, 0.25) is 0 Å². The molecular formula is C20H24N6O. The summed E-state index contributed by atoms with van der Waals surface area (Å²) in [6, 6.07) is 11.5. The third-order valence-corrected chi connectivity index (χ3v) is 4.31. The van der Waals surface area contributed by atoms with Crippen molar-refractivity contribution in [2.75, 3.05) is 18.0 Å². The number of aromatic nitrogens is 4. The average molecular weight is 364 g/mol. The van der Waals surface area contributed by atoms with Crippen LogP contribution in [-0.4, -0.2) is 38.7 Å². The van der Waals surface area contributed by atoms with Crippen LogP contribution >= 0.6 is 0 Å². The fourth-order valence-corrected chi connectivity index (χ4v) is 2.93. The van der Waals surface area contributed by atoms with Crippen LogP contribution in [-0.2, 0) is 6.54 Å². The van der Waals surface area contributed by atoms with Crippen LogP contribution in [0, 0.1) is 0 Å². The van der Waals surface area contributed by atoms with Gasteiger partial charge in [-0.05, 0) is 43.7 Å². The lowest BCUT2D eigenvalue weighted by Gasteiger charge is -2.22. The Kier molecular flexibility index (Phi) is 6.14. The van der Waals surface area contributed by atoms with Crippen molar-refractivity contribution in [2.45, 2.75) is 26.8 Å². The zero-order valence-corrected chi connectivity index (χ0v) is 15.7. The molecule has 3 aromatic rings. The average Bonchev–Trinajstić information content (AvgIpc) is 3.25. The van der Waals surface area contributed by atoms with Crippen molar-refractivity contribution < 1.29 is 4.79 Å². The molecule has 2 heterocycles. The Balaban J connectivity index is 1.67. The molecule has 1 aromatic carbocycles. The van der Waals surface area contributed by atoms with Gasteiger partial charge in [-0.1, -0.05) is 13.0 Å². The van der Waals surface area contributed by atoms with E-state index in [0.29, 0.717) is 17.9 Å². The van der Waals surface area contributed by atoms with E-state index in [-0.39, 0.29) is 5.91 Å². The quantitative estimate of drug-likeness (QED) is 0.665. The second kappa shape index (κ2) is 8.93. The summed E-state index contributed by atoms with van der Waals surface area (Å²) in [5, 5.41) is 7.06. The number of carbonyl (C=O) groups excluding carboxylic acids is 1. The van der Waals surface area contributed by atoms with Crippen molar-refractivity contribution in [1.29, 1.82) is 0 Å². The summed E-state index contributed by atoms with van der Waals surface area (Å²) in [4.78, 5) is 23.1. The maximum Gasteiger partial charge on any atom is 0.251 e. The van der Waals surface area contributed by atoms with Crippen LogP contribution < -0.4 is 10.2 Å². The topological polar surface area (TPSA) is 75.9 Å². The molecule has 0 aliphatic carbocycles. The van der Waals surface area contributed by atoms with Crippen LogP contribution in [0.3, 0.4) is 0 Å². The number of amides is 1. The first-order valence-corrected chi connectivity index (χ1v) is 9.15. The van der Waals surface area contributed by atoms with Crippen LogP contribution in [0.2, 0.25) is 0 Å². The Hall–Kier alpha value is -3.22. The number of carbonyl (C=O) groups is 1. The molecule has 0 aliphatic rings. The molecule has 0 bridgehead atoms. The number of nitrogens with one attached hydrogen (secondary N) is 1. The molecule has 0 radical (unpaired) electrons. The molecular weight excluding hydrogens is 340 g/mol. The SMILES string of the molecule is CCCN(CC)c1ccc(C(=O)NCc2cccnc2-n2cncn2)cc1.